The van der Waals surface area contributed by atoms with E-state index in [1.165, 1.54) is 7.11 Å². The van der Waals surface area contributed by atoms with Crippen molar-refractivity contribution in [3.05, 3.63) is 23.2 Å². The van der Waals surface area contributed by atoms with E-state index < -0.39 is 0 Å². The summed E-state index contributed by atoms with van der Waals surface area (Å²) in [7, 11) is 1.53. The lowest BCUT2D eigenvalue weighted by Crippen LogP contribution is -3.14. The monoisotopic (exact) mass is 326 g/mol. The third kappa shape index (κ3) is 4.35. The van der Waals surface area contributed by atoms with E-state index >= 15 is 0 Å². The van der Waals surface area contributed by atoms with Crippen molar-refractivity contribution in [3.63, 3.8) is 0 Å². The van der Waals surface area contributed by atoms with Crippen LogP contribution in [0.5, 0.6) is 5.75 Å². The zero-order valence-electron chi connectivity index (χ0n) is 12.5. The van der Waals surface area contributed by atoms with E-state index in [1.54, 1.807) is 18.2 Å². The van der Waals surface area contributed by atoms with Crippen LogP contribution >= 0.6 is 11.6 Å². The highest BCUT2D eigenvalue weighted by atomic mass is 35.5. The number of ether oxygens (including phenoxy) is 1. The molecule has 1 aromatic carbocycles. The Hall–Kier alpha value is -1.79. The molecule has 6 nitrogen and oxygen atoms in total. The van der Waals surface area contributed by atoms with Crippen molar-refractivity contribution in [1.29, 1.82) is 0 Å². The Morgan fingerprint density at radius 3 is 2.95 bits per heavy atom. The van der Waals surface area contributed by atoms with Crippen LogP contribution in [0.2, 0.25) is 5.02 Å². The van der Waals surface area contributed by atoms with Gasteiger partial charge in [-0.1, -0.05) is 11.6 Å². The van der Waals surface area contributed by atoms with Gasteiger partial charge in [0.1, 0.15) is 5.75 Å². The molecule has 2 amide bonds. The van der Waals surface area contributed by atoms with Crippen LogP contribution in [0.3, 0.4) is 0 Å². The van der Waals surface area contributed by atoms with Crippen molar-refractivity contribution in [2.45, 2.75) is 12.8 Å². The van der Waals surface area contributed by atoms with Crippen LogP contribution in [-0.4, -0.2) is 38.6 Å². The van der Waals surface area contributed by atoms with E-state index in [4.69, 9.17) is 22.1 Å². The van der Waals surface area contributed by atoms with Gasteiger partial charge >= 0.3 is 0 Å². The van der Waals surface area contributed by atoms with E-state index in [1.807, 2.05) is 0 Å². The normalized spacial score (nSPS) is 21.2. The van der Waals surface area contributed by atoms with Crippen LogP contribution in [0.1, 0.15) is 12.8 Å². The molecule has 0 aromatic heterocycles. The smallest absolute Gasteiger partial charge is 0.279 e. The molecule has 1 saturated heterocycles. The number of nitrogens with one attached hydrogen (secondary N) is 2. The second-order valence-electron chi connectivity index (χ2n) is 5.52. The number of quaternary nitrogens is 1. The lowest BCUT2D eigenvalue weighted by Gasteiger charge is -2.27. The molecule has 120 valence electrons. The average Bonchev–Trinajstić information content (AvgIpc) is 2.47. The van der Waals surface area contributed by atoms with Gasteiger partial charge in [0, 0.05) is 5.02 Å². The number of piperidine rings is 1. The van der Waals surface area contributed by atoms with Gasteiger partial charge in [0.2, 0.25) is 5.91 Å². The number of hydrogen-bond donors (Lipinski definition) is 3. The minimum Gasteiger partial charge on any atom is -0.495 e. The van der Waals surface area contributed by atoms with Crippen molar-refractivity contribution in [3.8, 4) is 5.75 Å². The van der Waals surface area contributed by atoms with Crippen molar-refractivity contribution in [1.82, 2.24) is 0 Å². The highest BCUT2D eigenvalue weighted by Crippen LogP contribution is 2.27. The number of nitrogens with two attached hydrogens (primary N) is 1. The molecule has 7 heteroatoms. The predicted octanol–water partition coefficient (Wildman–Crippen LogP) is 0.0673. The Balaban J connectivity index is 1.95. The maximum Gasteiger partial charge on any atom is 0.279 e. The Kier molecular flexibility index (Phi) is 5.63. The first-order valence-electron chi connectivity index (χ1n) is 7.26. The number of halogens is 1. The van der Waals surface area contributed by atoms with Crippen LogP contribution in [0.25, 0.3) is 0 Å². The van der Waals surface area contributed by atoms with Crippen molar-refractivity contribution >= 4 is 29.1 Å². The standard InChI is InChI=1S/C15H20ClN3O3/c1-22-13-5-4-11(16)7-12(13)18-14(20)9-19-6-2-3-10(8-19)15(17)21/h4-5,7,10H,2-3,6,8-9H2,1H3,(H2,17,21)(H,18,20)/p+1/t10-/m1/s1. The second kappa shape index (κ2) is 7.47. The van der Waals surface area contributed by atoms with Crippen LogP contribution in [0, 0.1) is 5.92 Å². The third-order valence-corrected chi connectivity index (χ3v) is 4.10. The topological polar surface area (TPSA) is 85.9 Å². The summed E-state index contributed by atoms with van der Waals surface area (Å²) in [5.41, 5.74) is 5.90. The molecular weight excluding hydrogens is 306 g/mol. The summed E-state index contributed by atoms with van der Waals surface area (Å²) < 4.78 is 5.20. The lowest BCUT2D eigenvalue weighted by atomic mass is 9.97. The van der Waals surface area contributed by atoms with Gasteiger partial charge < -0.3 is 20.7 Å². The molecule has 0 aliphatic carbocycles. The van der Waals surface area contributed by atoms with Gasteiger partial charge in [-0.25, -0.2) is 0 Å². The number of carbonyl (C=O) groups excluding carboxylic acids is 2. The molecule has 1 heterocycles. The third-order valence-electron chi connectivity index (χ3n) is 3.87. The number of rotatable bonds is 5. The first-order chi connectivity index (χ1) is 10.5. The van der Waals surface area contributed by atoms with Crippen LogP contribution in [-0.2, 0) is 9.59 Å². The number of anilines is 1. The molecule has 2 rings (SSSR count). The minimum atomic E-state index is -0.283. The maximum atomic E-state index is 12.2. The van der Waals surface area contributed by atoms with E-state index in [0.29, 0.717) is 29.5 Å². The molecule has 1 fully saturated rings. The summed E-state index contributed by atoms with van der Waals surface area (Å²) in [6, 6.07) is 5.05. The van der Waals surface area contributed by atoms with E-state index in [9.17, 15) is 9.59 Å². The van der Waals surface area contributed by atoms with E-state index in [-0.39, 0.29) is 17.7 Å². The fourth-order valence-corrected chi connectivity index (χ4v) is 2.93. The molecule has 1 aliphatic heterocycles. The summed E-state index contributed by atoms with van der Waals surface area (Å²) in [4.78, 5) is 24.5. The Labute approximate surface area is 134 Å². The molecule has 1 aromatic rings. The molecule has 1 unspecified atom stereocenters. The van der Waals surface area contributed by atoms with Crippen molar-refractivity contribution < 1.29 is 19.2 Å². The zero-order valence-corrected chi connectivity index (χ0v) is 13.3. The van der Waals surface area contributed by atoms with Gasteiger partial charge in [0.25, 0.3) is 5.91 Å². The molecule has 0 bridgehead atoms. The van der Waals surface area contributed by atoms with Crippen LogP contribution in [0.15, 0.2) is 18.2 Å². The van der Waals surface area contributed by atoms with Gasteiger partial charge in [-0.05, 0) is 31.0 Å². The van der Waals surface area contributed by atoms with Crippen LogP contribution < -0.4 is 20.7 Å². The zero-order chi connectivity index (χ0) is 16.1. The average molecular weight is 327 g/mol. The number of methoxy groups -OCH3 is 1. The molecule has 0 saturated carbocycles. The summed E-state index contributed by atoms with van der Waals surface area (Å²) in [6.07, 6.45) is 1.71. The number of carbonyl (C=O) groups is 2. The summed E-state index contributed by atoms with van der Waals surface area (Å²) in [5.74, 6) is -0.00605. The SMILES string of the molecule is COc1ccc(Cl)cc1NC(=O)C[NH+]1CCC[C@@H](C(N)=O)C1. The highest BCUT2D eigenvalue weighted by molar-refractivity contribution is 6.31. The summed E-state index contributed by atoms with van der Waals surface area (Å²) in [5, 5.41) is 3.33. The Morgan fingerprint density at radius 1 is 1.50 bits per heavy atom. The fourth-order valence-electron chi connectivity index (χ4n) is 2.75. The molecular formula is C15H21ClN3O3+. The molecule has 22 heavy (non-hydrogen) atoms. The van der Waals surface area contributed by atoms with E-state index in [2.05, 4.69) is 5.32 Å². The highest BCUT2D eigenvalue weighted by Gasteiger charge is 2.28. The van der Waals surface area contributed by atoms with Crippen molar-refractivity contribution in [2.24, 2.45) is 11.7 Å². The van der Waals surface area contributed by atoms with Gasteiger partial charge in [-0.2, -0.15) is 0 Å². The Bertz CT molecular complexity index is 565. The number of likely N-dealkylation sites (tertiary alicyclic amines) is 1. The molecule has 0 spiro atoms. The van der Waals surface area contributed by atoms with Gasteiger partial charge in [0.05, 0.1) is 31.8 Å². The van der Waals surface area contributed by atoms with Crippen LogP contribution in [0.4, 0.5) is 5.69 Å². The first-order valence-corrected chi connectivity index (χ1v) is 7.63. The summed E-state index contributed by atoms with van der Waals surface area (Å²) >= 11 is 5.94. The molecule has 0 radical (unpaired) electrons. The largest absolute Gasteiger partial charge is 0.495 e. The predicted molar refractivity (Wildman–Crippen MR) is 84.1 cm³/mol. The summed E-state index contributed by atoms with van der Waals surface area (Å²) in [6.45, 7) is 1.76. The Morgan fingerprint density at radius 2 is 2.27 bits per heavy atom. The van der Waals surface area contributed by atoms with E-state index in [0.717, 1.165) is 24.3 Å². The lowest BCUT2D eigenvalue weighted by molar-refractivity contribution is -0.899. The fraction of sp³-hybridized carbons (Fsp3) is 0.467. The maximum absolute atomic E-state index is 12.2. The van der Waals surface area contributed by atoms with Gasteiger partial charge in [-0.3, -0.25) is 9.59 Å². The van der Waals surface area contributed by atoms with Gasteiger partial charge in [-0.15, -0.1) is 0 Å². The molecule has 1 aliphatic rings. The van der Waals surface area contributed by atoms with Gasteiger partial charge in [0.15, 0.2) is 6.54 Å². The second-order valence-corrected chi connectivity index (χ2v) is 5.95. The number of amides is 2. The number of hydrogen-bond acceptors (Lipinski definition) is 3. The first kappa shape index (κ1) is 16.6. The minimum absolute atomic E-state index is 0.138. The number of primary amides is 1. The van der Waals surface area contributed by atoms with Crippen molar-refractivity contribution in [2.75, 3.05) is 32.1 Å². The molecule has 4 N–H and O–H groups in total. The number of benzene rings is 1. The quantitative estimate of drug-likeness (QED) is 0.715. The molecule has 2 atom stereocenters.